The van der Waals surface area contributed by atoms with E-state index in [9.17, 15) is 4.79 Å². The lowest BCUT2D eigenvalue weighted by Crippen LogP contribution is -2.48. The average Bonchev–Trinajstić information content (AvgIpc) is 2.69. The standard InChI is InChI=1S/C12H25N3O2/c1-14(2)7-8-15(3)10-5-6-12(13,9-10)11(16)17-4/h10H,5-9,13H2,1-4H3. The first-order chi connectivity index (χ1) is 7.89. The highest BCUT2D eigenvalue weighted by molar-refractivity contribution is 5.81. The third-order valence-corrected chi connectivity index (χ3v) is 3.64. The minimum absolute atomic E-state index is 0.277. The predicted octanol–water partition coefficient (Wildman–Crippen LogP) is -0.0972. The van der Waals surface area contributed by atoms with E-state index in [4.69, 9.17) is 10.5 Å². The van der Waals surface area contributed by atoms with Gasteiger partial charge in [0.2, 0.25) is 0 Å². The Bertz CT molecular complexity index is 270. The molecule has 0 spiro atoms. The molecule has 17 heavy (non-hydrogen) atoms. The van der Waals surface area contributed by atoms with E-state index in [0.29, 0.717) is 12.5 Å². The van der Waals surface area contributed by atoms with Crippen molar-refractivity contribution in [2.45, 2.75) is 30.8 Å². The Kier molecular flexibility index (Phi) is 4.91. The molecular formula is C12H25N3O2. The van der Waals surface area contributed by atoms with E-state index in [2.05, 4.69) is 30.9 Å². The number of likely N-dealkylation sites (N-methyl/N-ethyl adjacent to an activating group) is 2. The number of carbonyl (C=O) groups excluding carboxylic acids is 1. The van der Waals surface area contributed by atoms with Crippen LogP contribution in [0.15, 0.2) is 0 Å². The van der Waals surface area contributed by atoms with E-state index >= 15 is 0 Å². The number of esters is 1. The maximum atomic E-state index is 11.6. The zero-order valence-electron chi connectivity index (χ0n) is 11.4. The molecule has 5 nitrogen and oxygen atoms in total. The van der Waals surface area contributed by atoms with Crippen LogP contribution in [0.5, 0.6) is 0 Å². The molecule has 0 aromatic carbocycles. The van der Waals surface area contributed by atoms with Crippen molar-refractivity contribution in [2.75, 3.05) is 41.3 Å². The van der Waals surface area contributed by atoms with E-state index in [1.54, 1.807) is 0 Å². The highest BCUT2D eigenvalue weighted by atomic mass is 16.5. The third-order valence-electron chi connectivity index (χ3n) is 3.64. The van der Waals surface area contributed by atoms with Gasteiger partial charge in [-0.15, -0.1) is 0 Å². The SMILES string of the molecule is COC(=O)C1(N)CCC(N(C)CCN(C)C)C1. The second-order valence-electron chi connectivity index (χ2n) is 5.33. The summed E-state index contributed by atoms with van der Waals surface area (Å²) in [5, 5.41) is 0. The van der Waals surface area contributed by atoms with Gasteiger partial charge in [0, 0.05) is 19.1 Å². The monoisotopic (exact) mass is 243 g/mol. The van der Waals surface area contributed by atoms with Crippen LogP contribution < -0.4 is 5.73 Å². The molecule has 1 saturated carbocycles. The molecule has 1 aliphatic carbocycles. The predicted molar refractivity (Wildman–Crippen MR) is 67.8 cm³/mol. The molecule has 0 radical (unpaired) electrons. The van der Waals surface area contributed by atoms with E-state index in [0.717, 1.165) is 25.9 Å². The highest BCUT2D eigenvalue weighted by Crippen LogP contribution is 2.31. The molecule has 5 heteroatoms. The summed E-state index contributed by atoms with van der Waals surface area (Å²) in [5.41, 5.74) is 5.31. The first-order valence-corrected chi connectivity index (χ1v) is 6.11. The smallest absolute Gasteiger partial charge is 0.325 e. The number of rotatable bonds is 5. The minimum atomic E-state index is -0.772. The third kappa shape index (κ3) is 3.66. The van der Waals surface area contributed by atoms with Gasteiger partial charge in [0.05, 0.1) is 7.11 Å². The molecule has 0 amide bonds. The Morgan fingerprint density at radius 3 is 2.59 bits per heavy atom. The molecule has 2 atom stereocenters. The molecule has 0 aromatic rings. The maximum absolute atomic E-state index is 11.6. The van der Waals surface area contributed by atoms with E-state index in [1.807, 2.05) is 0 Å². The number of hydrogen-bond acceptors (Lipinski definition) is 5. The highest BCUT2D eigenvalue weighted by Gasteiger charge is 2.43. The first kappa shape index (κ1) is 14.4. The Morgan fingerprint density at radius 2 is 2.06 bits per heavy atom. The van der Waals surface area contributed by atoms with Gasteiger partial charge >= 0.3 is 5.97 Å². The number of ether oxygens (including phenoxy) is 1. The van der Waals surface area contributed by atoms with Gasteiger partial charge in [-0.05, 0) is 40.4 Å². The molecule has 1 aliphatic rings. The average molecular weight is 243 g/mol. The van der Waals surface area contributed by atoms with Crippen molar-refractivity contribution in [1.29, 1.82) is 0 Å². The van der Waals surface area contributed by atoms with E-state index in [1.165, 1.54) is 7.11 Å². The number of carbonyl (C=O) groups is 1. The quantitative estimate of drug-likeness (QED) is 0.684. The van der Waals surface area contributed by atoms with Crippen LogP contribution in [-0.2, 0) is 9.53 Å². The van der Waals surface area contributed by atoms with Crippen molar-refractivity contribution >= 4 is 5.97 Å². The molecule has 1 fully saturated rings. The summed E-state index contributed by atoms with van der Waals surface area (Å²) in [4.78, 5) is 16.0. The molecule has 0 heterocycles. The zero-order valence-corrected chi connectivity index (χ0v) is 11.4. The lowest BCUT2D eigenvalue weighted by atomic mass is 9.99. The Labute approximate surface area is 104 Å². The van der Waals surface area contributed by atoms with E-state index in [-0.39, 0.29) is 5.97 Å². The molecule has 0 bridgehead atoms. The summed E-state index contributed by atoms with van der Waals surface area (Å²) in [6, 6.07) is 0.388. The second-order valence-corrected chi connectivity index (χ2v) is 5.33. The molecule has 0 aromatic heterocycles. The molecule has 2 unspecified atom stereocenters. The van der Waals surface area contributed by atoms with Crippen LogP contribution in [0.25, 0.3) is 0 Å². The number of nitrogens with two attached hydrogens (primary N) is 1. The van der Waals surface area contributed by atoms with Gasteiger partial charge in [0.15, 0.2) is 0 Å². The van der Waals surface area contributed by atoms with Crippen molar-refractivity contribution in [2.24, 2.45) is 5.73 Å². The van der Waals surface area contributed by atoms with Gasteiger partial charge in [-0.1, -0.05) is 0 Å². The van der Waals surface area contributed by atoms with Gasteiger partial charge in [-0.3, -0.25) is 4.79 Å². The first-order valence-electron chi connectivity index (χ1n) is 6.11. The summed E-state index contributed by atoms with van der Waals surface area (Å²) < 4.78 is 4.77. The molecule has 0 saturated heterocycles. The van der Waals surface area contributed by atoms with Crippen LogP contribution in [0, 0.1) is 0 Å². The van der Waals surface area contributed by atoms with Gasteiger partial charge < -0.3 is 20.3 Å². The van der Waals surface area contributed by atoms with Crippen LogP contribution >= 0.6 is 0 Å². The zero-order chi connectivity index (χ0) is 13.1. The van der Waals surface area contributed by atoms with Crippen LogP contribution in [0.4, 0.5) is 0 Å². The van der Waals surface area contributed by atoms with Gasteiger partial charge in [-0.2, -0.15) is 0 Å². The van der Waals surface area contributed by atoms with Crippen molar-refractivity contribution in [3.63, 3.8) is 0 Å². The Balaban J connectivity index is 2.46. The van der Waals surface area contributed by atoms with Crippen molar-refractivity contribution in [3.05, 3.63) is 0 Å². The number of methoxy groups -OCH3 is 1. The van der Waals surface area contributed by atoms with Crippen LogP contribution in [0.2, 0.25) is 0 Å². The maximum Gasteiger partial charge on any atom is 0.325 e. The largest absolute Gasteiger partial charge is 0.468 e. The van der Waals surface area contributed by atoms with Crippen LogP contribution in [0.3, 0.4) is 0 Å². The molecule has 1 rings (SSSR count). The summed E-state index contributed by atoms with van der Waals surface area (Å²) in [6.45, 7) is 2.01. The summed E-state index contributed by atoms with van der Waals surface area (Å²) in [7, 11) is 7.62. The van der Waals surface area contributed by atoms with Gasteiger partial charge in [-0.25, -0.2) is 0 Å². The number of nitrogens with zero attached hydrogens (tertiary/aromatic N) is 2. The molecule has 2 N–H and O–H groups in total. The van der Waals surface area contributed by atoms with Crippen molar-refractivity contribution in [1.82, 2.24) is 9.80 Å². The number of hydrogen-bond donors (Lipinski definition) is 1. The van der Waals surface area contributed by atoms with Crippen LogP contribution in [0.1, 0.15) is 19.3 Å². The lowest BCUT2D eigenvalue weighted by molar-refractivity contribution is -0.146. The van der Waals surface area contributed by atoms with Crippen molar-refractivity contribution in [3.8, 4) is 0 Å². The van der Waals surface area contributed by atoms with E-state index < -0.39 is 5.54 Å². The fourth-order valence-corrected chi connectivity index (χ4v) is 2.35. The van der Waals surface area contributed by atoms with Gasteiger partial charge in [0.1, 0.15) is 5.54 Å². The van der Waals surface area contributed by atoms with Gasteiger partial charge in [0.25, 0.3) is 0 Å². The molecule has 100 valence electrons. The normalized spacial score (nSPS) is 29.0. The summed E-state index contributed by atoms with van der Waals surface area (Å²) >= 11 is 0. The molecule has 0 aliphatic heterocycles. The Hall–Kier alpha value is -0.650. The fraction of sp³-hybridized carbons (Fsp3) is 0.917. The fourth-order valence-electron chi connectivity index (χ4n) is 2.35. The van der Waals surface area contributed by atoms with Crippen LogP contribution in [-0.4, -0.2) is 68.7 Å². The second kappa shape index (κ2) is 5.80. The summed E-state index contributed by atoms with van der Waals surface area (Å²) in [6.07, 6.45) is 2.38. The topological polar surface area (TPSA) is 58.8 Å². The Morgan fingerprint density at radius 1 is 1.41 bits per heavy atom. The minimum Gasteiger partial charge on any atom is -0.468 e. The lowest BCUT2D eigenvalue weighted by Gasteiger charge is -2.27. The molecular weight excluding hydrogens is 218 g/mol. The summed E-state index contributed by atoms with van der Waals surface area (Å²) in [5.74, 6) is -0.277. The van der Waals surface area contributed by atoms with Crippen molar-refractivity contribution < 1.29 is 9.53 Å².